The molecule has 1 aliphatic carbocycles. The van der Waals surface area contributed by atoms with Crippen LogP contribution in [0, 0.1) is 0 Å². The van der Waals surface area contributed by atoms with Crippen LogP contribution in [-0.2, 0) is 19.8 Å². The Labute approximate surface area is 251 Å². The summed E-state index contributed by atoms with van der Waals surface area (Å²) >= 11 is 0. The number of nitrogens with one attached hydrogen (secondary N) is 2. The van der Waals surface area contributed by atoms with Crippen molar-refractivity contribution in [2.24, 2.45) is 0 Å². The number of likely N-dealkylation sites (tertiary alicyclic amines) is 1. The summed E-state index contributed by atoms with van der Waals surface area (Å²) in [7, 11) is 1.53. The topological polar surface area (TPSA) is 125 Å². The van der Waals surface area contributed by atoms with Crippen LogP contribution in [0.15, 0.2) is 78.9 Å². The first-order valence-electron chi connectivity index (χ1n) is 14.7. The second kappa shape index (κ2) is 12.7. The van der Waals surface area contributed by atoms with Crippen molar-refractivity contribution in [3.8, 4) is 5.75 Å². The quantitative estimate of drug-likeness (QED) is 0.370. The minimum Gasteiger partial charge on any atom is -0.496 e. The Hall–Kier alpha value is -4.66. The number of ether oxygens (including phenoxy) is 1. The summed E-state index contributed by atoms with van der Waals surface area (Å²) in [6.45, 7) is 2.46. The van der Waals surface area contributed by atoms with Gasteiger partial charge in [-0.3, -0.25) is 19.2 Å². The van der Waals surface area contributed by atoms with E-state index in [9.17, 15) is 24.3 Å². The van der Waals surface area contributed by atoms with E-state index in [1.54, 1.807) is 18.2 Å². The third-order valence-corrected chi connectivity index (χ3v) is 8.77. The van der Waals surface area contributed by atoms with Gasteiger partial charge in [0.15, 0.2) is 0 Å². The number of piperidine rings is 1. The van der Waals surface area contributed by atoms with Gasteiger partial charge in [0.25, 0.3) is 5.91 Å². The maximum Gasteiger partial charge on any atom is 0.325 e. The fourth-order valence-electron chi connectivity index (χ4n) is 6.43. The molecule has 0 radical (unpaired) electrons. The van der Waals surface area contributed by atoms with E-state index in [4.69, 9.17) is 4.74 Å². The molecule has 9 heteroatoms. The summed E-state index contributed by atoms with van der Waals surface area (Å²) < 4.78 is 5.32. The zero-order chi connectivity index (χ0) is 30.6. The highest BCUT2D eigenvalue weighted by Gasteiger charge is 2.49. The molecule has 0 saturated carbocycles. The summed E-state index contributed by atoms with van der Waals surface area (Å²) in [5.41, 5.74) is 1.61. The van der Waals surface area contributed by atoms with E-state index < -0.39 is 29.3 Å². The van der Waals surface area contributed by atoms with Crippen LogP contribution in [0.4, 0.5) is 0 Å². The highest BCUT2D eigenvalue weighted by molar-refractivity contribution is 5.98. The van der Waals surface area contributed by atoms with Crippen molar-refractivity contribution in [1.82, 2.24) is 15.5 Å². The van der Waals surface area contributed by atoms with Crippen LogP contribution in [-0.4, -0.2) is 66.0 Å². The van der Waals surface area contributed by atoms with E-state index in [1.807, 2.05) is 65.6 Å². The lowest BCUT2D eigenvalue weighted by Crippen LogP contribution is -2.53. The van der Waals surface area contributed by atoms with Crippen molar-refractivity contribution in [3.63, 3.8) is 0 Å². The van der Waals surface area contributed by atoms with E-state index in [1.165, 1.54) is 14.0 Å². The van der Waals surface area contributed by atoms with E-state index in [2.05, 4.69) is 10.6 Å². The molecule has 2 aliphatic rings. The second-order valence-corrected chi connectivity index (χ2v) is 11.3. The summed E-state index contributed by atoms with van der Waals surface area (Å²) in [6, 6.07) is 22.8. The lowest BCUT2D eigenvalue weighted by atomic mass is 9.62. The molecular formula is C34H37N3O6. The molecule has 224 valence electrons. The molecular weight excluding hydrogens is 546 g/mol. The van der Waals surface area contributed by atoms with Crippen molar-refractivity contribution in [3.05, 3.63) is 101 Å². The number of carboxylic acid groups (broad SMARTS) is 1. The predicted molar refractivity (Wildman–Crippen MR) is 161 cm³/mol. The van der Waals surface area contributed by atoms with Crippen molar-refractivity contribution in [2.75, 3.05) is 20.2 Å². The zero-order valence-electron chi connectivity index (χ0n) is 24.4. The first-order chi connectivity index (χ1) is 20.8. The number of carboxylic acids is 1. The zero-order valence-corrected chi connectivity index (χ0v) is 24.4. The number of carbonyl (C=O) groups excluding carboxylic acids is 3. The molecule has 5 rings (SSSR count). The number of rotatable bonds is 8. The number of carbonyl (C=O) groups is 4. The van der Waals surface area contributed by atoms with Crippen molar-refractivity contribution in [2.45, 2.75) is 56.0 Å². The minimum atomic E-state index is -1.13. The Morgan fingerprint density at radius 1 is 0.907 bits per heavy atom. The predicted octanol–water partition coefficient (Wildman–Crippen LogP) is 3.87. The molecule has 3 aromatic carbocycles. The molecule has 0 spiro atoms. The highest BCUT2D eigenvalue weighted by Crippen LogP contribution is 2.48. The van der Waals surface area contributed by atoms with Crippen molar-refractivity contribution in [1.29, 1.82) is 0 Å². The number of nitrogens with zero attached hydrogens (tertiary/aromatic N) is 1. The highest BCUT2D eigenvalue weighted by atomic mass is 16.5. The molecule has 0 bridgehead atoms. The van der Waals surface area contributed by atoms with E-state index in [-0.39, 0.29) is 17.9 Å². The first-order valence-corrected chi connectivity index (χ1v) is 14.7. The van der Waals surface area contributed by atoms with Gasteiger partial charge in [-0.05, 0) is 61.4 Å². The Morgan fingerprint density at radius 2 is 1.56 bits per heavy atom. The summed E-state index contributed by atoms with van der Waals surface area (Å²) in [5.74, 6) is -1.62. The van der Waals surface area contributed by atoms with Crippen molar-refractivity contribution >= 4 is 23.7 Å². The molecule has 0 unspecified atom stereocenters. The van der Waals surface area contributed by atoms with Crippen LogP contribution in [0.2, 0.25) is 0 Å². The fourth-order valence-corrected chi connectivity index (χ4v) is 6.43. The Kier molecular flexibility index (Phi) is 8.80. The number of methoxy groups -OCH3 is 1. The smallest absolute Gasteiger partial charge is 0.325 e. The van der Waals surface area contributed by atoms with Crippen LogP contribution in [0.3, 0.4) is 0 Å². The number of benzene rings is 3. The second-order valence-electron chi connectivity index (χ2n) is 11.3. The van der Waals surface area contributed by atoms with E-state index in [0.717, 1.165) is 16.7 Å². The summed E-state index contributed by atoms with van der Waals surface area (Å²) in [6.07, 6.45) is 2.05. The summed E-state index contributed by atoms with van der Waals surface area (Å²) in [5, 5.41) is 15.3. The standard InChI is InChI=1S/C34H37N3O6/c1-22(32(40)41)35-33(42)34(23-10-4-3-5-11-23)19-16-26(25-12-6-8-14-28(25)34)31(39)37-20-17-24(18-21-37)36-30(38)27-13-7-9-15-29(27)43-2/h3-15,22,24,26H,16-21H2,1-2H3,(H,35,42)(H,36,38)(H,40,41)/t22-,26+,34-/m1/s1. The lowest BCUT2D eigenvalue weighted by molar-refractivity contribution is -0.142. The van der Waals surface area contributed by atoms with Gasteiger partial charge in [0.05, 0.1) is 24.0 Å². The molecule has 1 fully saturated rings. The Bertz CT molecular complexity index is 1500. The molecule has 3 amide bonds. The van der Waals surface area contributed by atoms with Gasteiger partial charge in [-0.2, -0.15) is 0 Å². The van der Waals surface area contributed by atoms with Gasteiger partial charge in [0.1, 0.15) is 11.8 Å². The average molecular weight is 584 g/mol. The largest absolute Gasteiger partial charge is 0.496 e. The molecule has 1 heterocycles. The van der Waals surface area contributed by atoms with E-state index in [0.29, 0.717) is 50.1 Å². The van der Waals surface area contributed by atoms with Gasteiger partial charge in [0.2, 0.25) is 11.8 Å². The molecule has 43 heavy (non-hydrogen) atoms. The summed E-state index contributed by atoms with van der Waals surface area (Å²) in [4.78, 5) is 54.3. The molecule has 0 aromatic heterocycles. The molecule has 3 N–H and O–H groups in total. The van der Waals surface area contributed by atoms with Crippen molar-refractivity contribution < 1.29 is 29.0 Å². The monoisotopic (exact) mass is 583 g/mol. The van der Waals surface area contributed by atoms with Crippen LogP contribution in [0.25, 0.3) is 0 Å². The van der Waals surface area contributed by atoms with Crippen LogP contribution in [0.5, 0.6) is 5.75 Å². The number of hydrogen-bond donors (Lipinski definition) is 3. The molecule has 1 aliphatic heterocycles. The average Bonchev–Trinajstić information content (AvgIpc) is 3.04. The van der Waals surface area contributed by atoms with Gasteiger partial charge < -0.3 is 25.4 Å². The number of amides is 3. The number of fused-ring (bicyclic) bond motifs is 1. The maximum absolute atomic E-state index is 14.0. The van der Waals surface area contributed by atoms with Crippen LogP contribution < -0.4 is 15.4 Å². The fraction of sp³-hybridized carbons (Fsp3) is 0.353. The third kappa shape index (κ3) is 5.84. The van der Waals surface area contributed by atoms with Gasteiger partial charge in [0, 0.05) is 19.1 Å². The lowest BCUT2D eigenvalue weighted by Gasteiger charge is -2.43. The number of para-hydroxylation sites is 1. The normalized spacial score (nSPS) is 20.8. The SMILES string of the molecule is COc1ccccc1C(=O)NC1CCN(C(=O)[C@H]2CC[C@@](C(=O)N[C@H](C)C(=O)O)(c3ccccc3)c3ccccc32)CC1. The maximum atomic E-state index is 14.0. The molecule has 9 nitrogen and oxygen atoms in total. The van der Waals surface area contributed by atoms with Gasteiger partial charge in [-0.25, -0.2) is 0 Å². The van der Waals surface area contributed by atoms with Gasteiger partial charge in [-0.1, -0.05) is 66.7 Å². The Balaban J connectivity index is 1.35. The third-order valence-electron chi connectivity index (χ3n) is 8.77. The minimum absolute atomic E-state index is 0.00271. The molecule has 3 atom stereocenters. The molecule has 3 aromatic rings. The molecule has 1 saturated heterocycles. The van der Waals surface area contributed by atoms with Crippen LogP contribution in [0.1, 0.15) is 65.6 Å². The Morgan fingerprint density at radius 3 is 2.26 bits per heavy atom. The number of aliphatic carboxylic acids is 1. The van der Waals surface area contributed by atoms with Crippen LogP contribution >= 0.6 is 0 Å². The van der Waals surface area contributed by atoms with Gasteiger partial charge in [-0.15, -0.1) is 0 Å². The van der Waals surface area contributed by atoms with E-state index >= 15 is 0 Å². The number of hydrogen-bond acceptors (Lipinski definition) is 5. The first kappa shape index (κ1) is 29.8. The van der Waals surface area contributed by atoms with Gasteiger partial charge >= 0.3 is 5.97 Å².